The highest BCUT2D eigenvalue weighted by molar-refractivity contribution is 7.99. The van der Waals surface area contributed by atoms with E-state index >= 15 is 0 Å². The van der Waals surface area contributed by atoms with Gasteiger partial charge in [-0.05, 0) is 61.6 Å². The minimum Gasteiger partial charge on any atom is -0.387 e. The third kappa shape index (κ3) is 2.86. The molecule has 94 valence electrons. The molecule has 1 saturated heterocycles. The monoisotopic (exact) mass is 250 g/mol. The number of aliphatic hydroxyl groups is 1. The zero-order chi connectivity index (χ0) is 12.4. The van der Waals surface area contributed by atoms with E-state index in [0.29, 0.717) is 5.25 Å². The largest absolute Gasteiger partial charge is 0.387 e. The van der Waals surface area contributed by atoms with Crippen molar-refractivity contribution in [1.29, 1.82) is 0 Å². The van der Waals surface area contributed by atoms with Crippen LogP contribution in [-0.4, -0.2) is 16.1 Å². The standard InChI is InChI=1S/C15H22OS/c1-10-8-12(3)13(9-11(10)2)15(16)14-6-4-5-7-17-14/h8-9,14-16H,4-7H2,1-3H3. The van der Waals surface area contributed by atoms with E-state index in [1.165, 1.54) is 35.3 Å². The molecule has 0 amide bonds. The Kier molecular flexibility index (Phi) is 4.16. The molecule has 2 rings (SSSR count). The van der Waals surface area contributed by atoms with E-state index in [1.807, 2.05) is 11.8 Å². The first-order valence-electron chi connectivity index (χ1n) is 6.47. The average molecular weight is 250 g/mol. The summed E-state index contributed by atoms with van der Waals surface area (Å²) in [4.78, 5) is 0. The van der Waals surface area contributed by atoms with E-state index in [0.717, 1.165) is 12.0 Å². The Morgan fingerprint density at radius 1 is 1.12 bits per heavy atom. The zero-order valence-corrected chi connectivity index (χ0v) is 11.8. The molecule has 1 N–H and O–H groups in total. The van der Waals surface area contributed by atoms with Gasteiger partial charge in [-0.15, -0.1) is 0 Å². The second-order valence-corrected chi connectivity index (χ2v) is 6.49. The maximum atomic E-state index is 10.5. The molecule has 0 saturated carbocycles. The van der Waals surface area contributed by atoms with Crippen molar-refractivity contribution in [1.82, 2.24) is 0 Å². The molecule has 2 atom stereocenters. The molecule has 0 bridgehead atoms. The van der Waals surface area contributed by atoms with E-state index in [9.17, 15) is 5.11 Å². The zero-order valence-electron chi connectivity index (χ0n) is 11.0. The van der Waals surface area contributed by atoms with Crippen LogP contribution in [0.15, 0.2) is 12.1 Å². The molecule has 1 aliphatic heterocycles. The Labute approximate surface area is 109 Å². The first kappa shape index (κ1) is 13.0. The van der Waals surface area contributed by atoms with Gasteiger partial charge in [0.1, 0.15) is 0 Å². The quantitative estimate of drug-likeness (QED) is 0.858. The Morgan fingerprint density at radius 2 is 1.82 bits per heavy atom. The van der Waals surface area contributed by atoms with Crippen LogP contribution in [0.4, 0.5) is 0 Å². The second kappa shape index (κ2) is 5.45. The molecule has 0 aromatic heterocycles. The van der Waals surface area contributed by atoms with Crippen molar-refractivity contribution in [2.24, 2.45) is 0 Å². The van der Waals surface area contributed by atoms with Crippen LogP contribution in [0.5, 0.6) is 0 Å². The molecule has 1 aromatic carbocycles. The van der Waals surface area contributed by atoms with Crippen LogP contribution in [0.1, 0.15) is 47.6 Å². The van der Waals surface area contributed by atoms with Crippen LogP contribution in [0.25, 0.3) is 0 Å². The molecule has 0 radical (unpaired) electrons. The van der Waals surface area contributed by atoms with Gasteiger partial charge in [-0.25, -0.2) is 0 Å². The lowest BCUT2D eigenvalue weighted by Crippen LogP contribution is -2.20. The Bertz CT molecular complexity index is 394. The van der Waals surface area contributed by atoms with Gasteiger partial charge in [0.05, 0.1) is 6.10 Å². The van der Waals surface area contributed by atoms with Crippen molar-refractivity contribution in [2.75, 3.05) is 5.75 Å². The summed E-state index contributed by atoms with van der Waals surface area (Å²) in [6, 6.07) is 4.37. The van der Waals surface area contributed by atoms with Crippen molar-refractivity contribution in [3.05, 3.63) is 34.4 Å². The van der Waals surface area contributed by atoms with E-state index in [4.69, 9.17) is 0 Å². The van der Waals surface area contributed by atoms with E-state index in [1.54, 1.807) is 0 Å². The van der Waals surface area contributed by atoms with Crippen molar-refractivity contribution in [3.8, 4) is 0 Å². The summed E-state index contributed by atoms with van der Waals surface area (Å²) >= 11 is 1.93. The molecule has 1 heterocycles. The molecule has 0 spiro atoms. The minimum atomic E-state index is -0.292. The first-order chi connectivity index (χ1) is 8.09. The predicted octanol–water partition coefficient (Wildman–Crippen LogP) is 3.93. The summed E-state index contributed by atoms with van der Waals surface area (Å²) in [5, 5.41) is 10.9. The van der Waals surface area contributed by atoms with Gasteiger partial charge in [0.15, 0.2) is 0 Å². The molecular formula is C15H22OS. The van der Waals surface area contributed by atoms with Crippen LogP contribution in [0.2, 0.25) is 0 Å². The highest BCUT2D eigenvalue weighted by Crippen LogP contribution is 2.36. The van der Waals surface area contributed by atoms with Crippen molar-refractivity contribution < 1.29 is 5.11 Å². The lowest BCUT2D eigenvalue weighted by Gasteiger charge is -2.27. The Hall–Kier alpha value is -0.470. The summed E-state index contributed by atoms with van der Waals surface area (Å²) < 4.78 is 0. The van der Waals surface area contributed by atoms with Crippen LogP contribution >= 0.6 is 11.8 Å². The van der Waals surface area contributed by atoms with Crippen LogP contribution in [0, 0.1) is 20.8 Å². The van der Waals surface area contributed by atoms with Gasteiger partial charge in [-0.3, -0.25) is 0 Å². The number of benzene rings is 1. The molecule has 2 unspecified atom stereocenters. The van der Waals surface area contributed by atoms with Crippen LogP contribution < -0.4 is 0 Å². The van der Waals surface area contributed by atoms with Gasteiger partial charge >= 0.3 is 0 Å². The highest BCUT2D eigenvalue weighted by atomic mass is 32.2. The van der Waals surface area contributed by atoms with Gasteiger partial charge in [0.25, 0.3) is 0 Å². The predicted molar refractivity (Wildman–Crippen MR) is 75.7 cm³/mol. The average Bonchev–Trinajstić information content (AvgIpc) is 2.34. The molecule has 1 nitrogen and oxygen atoms in total. The maximum Gasteiger partial charge on any atom is 0.0911 e. The first-order valence-corrected chi connectivity index (χ1v) is 7.52. The fourth-order valence-corrected chi connectivity index (χ4v) is 3.85. The lowest BCUT2D eigenvalue weighted by atomic mass is 9.94. The maximum absolute atomic E-state index is 10.5. The molecule has 1 aromatic rings. The normalized spacial score (nSPS) is 22.5. The fourth-order valence-electron chi connectivity index (χ4n) is 2.52. The third-order valence-corrected chi connectivity index (χ3v) is 5.21. The Balaban J connectivity index is 2.23. The van der Waals surface area contributed by atoms with Gasteiger partial charge in [-0.1, -0.05) is 18.6 Å². The fraction of sp³-hybridized carbons (Fsp3) is 0.600. The molecule has 17 heavy (non-hydrogen) atoms. The molecule has 0 aliphatic carbocycles. The lowest BCUT2D eigenvalue weighted by molar-refractivity contribution is 0.168. The molecule has 2 heteroatoms. The number of aryl methyl sites for hydroxylation is 3. The summed E-state index contributed by atoms with van der Waals surface area (Å²) in [5.74, 6) is 1.20. The van der Waals surface area contributed by atoms with Crippen molar-refractivity contribution in [2.45, 2.75) is 51.4 Å². The van der Waals surface area contributed by atoms with Crippen LogP contribution in [0.3, 0.4) is 0 Å². The number of rotatable bonds is 2. The van der Waals surface area contributed by atoms with Crippen molar-refractivity contribution >= 4 is 11.8 Å². The summed E-state index contributed by atoms with van der Waals surface area (Å²) in [7, 11) is 0. The molecular weight excluding hydrogens is 228 g/mol. The Morgan fingerprint density at radius 3 is 2.47 bits per heavy atom. The van der Waals surface area contributed by atoms with Crippen molar-refractivity contribution in [3.63, 3.8) is 0 Å². The molecule has 1 fully saturated rings. The number of aliphatic hydroxyl groups excluding tert-OH is 1. The SMILES string of the molecule is Cc1cc(C)c(C(O)C2CCCCS2)cc1C. The summed E-state index contributed by atoms with van der Waals surface area (Å²) in [6.07, 6.45) is 3.43. The smallest absolute Gasteiger partial charge is 0.0911 e. The van der Waals surface area contributed by atoms with Gasteiger partial charge < -0.3 is 5.11 Å². The number of thioether (sulfide) groups is 1. The molecule has 1 aliphatic rings. The minimum absolute atomic E-state index is 0.292. The van der Waals surface area contributed by atoms with Gasteiger partial charge in [0.2, 0.25) is 0 Å². The number of hydrogen-bond donors (Lipinski definition) is 1. The highest BCUT2D eigenvalue weighted by Gasteiger charge is 2.24. The topological polar surface area (TPSA) is 20.2 Å². The summed E-state index contributed by atoms with van der Waals surface area (Å²) in [5.41, 5.74) is 4.96. The van der Waals surface area contributed by atoms with E-state index in [-0.39, 0.29) is 6.10 Å². The summed E-state index contributed by atoms with van der Waals surface area (Å²) in [6.45, 7) is 6.37. The van der Waals surface area contributed by atoms with Crippen LogP contribution in [-0.2, 0) is 0 Å². The van der Waals surface area contributed by atoms with E-state index < -0.39 is 0 Å². The van der Waals surface area contributed by atoms with Gasteiger partial charge in [0, 0.05) is 5.25 Å². The van der Waals surface area contributed by atoms with E-state index in [2.05, 4.69) is 32.9 Å². The second-order valence-electron chi connectivity index (χ2n) is 5.14. The third-order valence-electron chi connectivity index (χ3n) is 3.77. The van der Waals surface area contributed by atoms with Gasteiger partial charge in [-0.2, -0.15) is 11.8 Å². The number of hydrogen-bond acceptors (Lipinski definition) is 2.